The summed E-state index contributed by atoms with van der Waals surface area (Å²) in [4.78, 5) is 27.2. The van der Waals surface area contributed by atoms with E-state index in [0.29, 0.717) is 25.6 Å². The molecule has 0 aromatic carbocycles. The van der Waals surface area contributed by atoms with Gasteiger partial charge < -0.3 is 15.1 Å². The van der Waals surface area contributed by atoms with Crippen molar-refractivity contribution in [1.29, 1.82) is 0 Å². The SMILES string of the molecule is CC(=O)N(CCC(=O)NC1CCCCC1)CCN(C)C. The highest BCUT2D eigenvalue weighted by atomic mass is 16.2. The second kappa shape index (κ2) is 8.95. The molecule has 1 aliphatic rings. The number of hydrogen-bond acceptors (Lipinski definition) is 3. The molecule has 1 saturated carbocycles. The number of carbonyl (C=O) groups is 2. The summed E-state index contributed by atoms with van der Waals surface area (Å²) >= 11 is 0. The van der Waals surface area contributed by atoms with Crippen LogP contribution in [-0.2, 0) is 9.59 Å². The van der Waals surface area contributed by atoms with Crippen LogP contribution < -0.4 is 5.32 Å². The molecule has 116 valence electrons. The number of nitrogens with one attached hydrogen (secondary N) is 1. The molecular weight excluding hydrogens is 254 g/mol. The molecular formula is C15H29N3O2. The van der Waals surface area contributed by atoms with Gasteiger partial charge in [-0.25, -0.2) is 0 Å². The van der Waals surface area contributed by atoms with E-state index in [-0.39, 0.29) is 11.8 Å². The molecule has 1 aliphatic carbocycles. The summed E-state index contributed by atoms with van der Waals surface area (Å²) < 4.78 is 0. The van der Waals surface area contributed by atoms with Crippen molar-refractivity contribution in [1.82, 2.24) is 15.1 Å². The van der Waals surface area contributed by atoms with Gasteiger partial charge in [-0.15, -0.1) is 0 Å². The van der Waals surface area contributed by atoms with E-state index in [9.17, 15) is 9.59 Å². The number of likely N-dealkylation sites (N-methyl/N-ethyl adjacent to an activating group) is 1. The summed E-state index contributed by atoms with van der Waals surface area (Å²) in [5.74, 6) is 0.116. The molecule has 0 atom stereocenters. The van der Waals surface area contributed by atoms with E-state index in [1.807, 2.05) is 19.0 Å². The molecule has 2 amide bonds. The van der Waals surface area contributed by atoms with Gasteiger partial charge in [0.15, 0.2) is 0 Å². The first-order valence-corrected chi connectivity index (χ1v) is 7.68. The van der Waals surface area contributed by atoms with Crippen LogP contribution in [-0.4, -0.2) is 61.4 Å². The second-order valence-electron chi connectivity index (χ2n) is 5.96. The van der Waals surface area contributed by atoms with E-state index in [0.717, 1.165) is 19.4 Å². The third-order valence-corrected chi connectivity index (χ3v) is 3.84. The molecule has 0 unspecified atom stereocenters. The summed E-state index contributed by atoms with van der Waals surface area (Å²) in [5, 5.41) is 3.09. The molecule has 5 nitrogen and oxygen atoms in total. The van der Waals surface area contributed by atoms with Crippen LogP contribution in [0.3, 0.4) is 0 Å². The molecule has 5 heteroatoms. The van der Waals surface area contributed by atoms with Crippen molar-refractivity contribution in [2.75, 3.05) is 33.7 Å². The Labute approximate surface area is 122 Å². The van der Waals surface area contributed by atoms with Gasteiger partial charge in [0.1, 0.15) is 0 Å². The third kappa shape index (κ3) is 6.89. The zero-order valence-electron chi connectivity index (χ0n) is 13.2. The van der Waals surface area contributed by atoms with E-state index in [1.165, 1.54) is 19.3 Å². The van der Waals surface area contributed by atoms with E-state index in [4.69, 9.17) is 0 Å². The first-order valence-electron chi connectivity index (χ1n) is 7.68. The fourth-order valence-electron chi connectivity index (χ4n) is 2.53. The lowest BCUT2D eigenvalue weighted by molar-refractivity contribution is -0.130. The Morgan fingerprint density at radius 3 is 2.25 bits per heavy atom. The molecule has 0 spiro atoms. The van der Waals surface area contributed by atoms with Crippen molar-refractivity contribution in [2.24, 2.45) is 0 Å². The maximum absolute atomic E-state index is 11.9. The van der Waals surface area contributed by atoms with Crippen molar-refractivity contribution >= 4 is 11.8 Å². The highest BCUT2D eigenvalue weighted by molar-refractivity contribution is 5.78. The topological polar surface area (TPSA) is 52.7 Å². The summed E-state index contributed by atoms with van der Waals surface area (Å²) in [6, 6.07) is 0.351. The van der Waals surface area contributed by atoms with Crippen LogP contribution in [0.1, 0.15) is 45.4 Å². The Hall–Kier alpha value is -1.10. The average Bonchev–Trinajstić information content (AvgIpc) is 2.39. The average molecular weight is 283 g/mol. The Morgan fingerprint density at radius 2 is 1.70 bits per heavy atom. The quantitative estimate of drug-likeness (QED) is 0.765. The number of hydrogen-bond donors (Lipinski definition) is 1. The molecule has 1 fully saturated rings. The maximum Gasteiger partial charge on any atom is 0.221 e. The zero-order valence-corrected chi connectivity index (χ0v) is 13.2. The van der Waals surface area contributed by atoms with Crippen molar-refractivity contribution in [3.63, 3.8) is 0 Å². The van der Waals surface area contributed by atoms with Crippen molar-refractivity contribution < 1.29 is 9.59 Å². The third-order valence-electron chi connectivity index (χ3n) is 3.84. The fourth-order valence-corrected chi connectivity index (χ4v) is 2.53. The van der Waals surface area contributed by atoms with Crippen molar-refractivity contribution in [3.05, 3.63) is 0 Å². The number of carbonyl (C=O) groups excluding carboxylic acids is 2. The largest absolute Gasteiger partial charge is 0.353 e. The number of rotatable bonds is 7. The summed E-state index contributed by atoms with van der Waals surface area (Å²) in [6.07, 6.45) is 6.32. The molecule has 0 bridgehead atoms. The fraction of sp³-hybridized carbons (Fsp3) is 0.867. The molecule has 0 aromatic heterocycles. The van der Waals surface area contributed by atoms with E-state index < -0.39 is 0 Å². The summed E-state index contributed by atoms with van der Waals surface area (Å²) in [5.41, 5.74) is 0. The van der Waals surface area contributed by atoms with Gasteiger partial charge in [-0.3, -0.25) is 9.59 Å². The predicted molar refractivity (Wildman–Crippen MR) is 80.4 cm³/mol. The van der Waals surface area contributed by atoms with Gasteiger partial charge in [0.05, 0.1) is 0 Å². The number of amides is 2. The van der Waals surface area contributed by atoms with Crippen molar-refractivity contribution in [2.45, 2.75) is 51.5 Å². The van der Waals surface area contributed by atoms with Crippen LogP contribution in [0, 0.1) is 0 Å². The van der Waals surface area contributed by atoms with Crippen molar-refractivity contribution in [3.8, 4) is 0 Å². The standard InChI is InChI=1S/C15H29N3O2/c1-13(19)18(12-11-17(2)3)10-9-15(20)16-14-7-5-4-6-8-14/h14H,4-12H2,1-3H3,(H,16,20). The summed E-state index contributed by atoms with van der Waals surface area (Å²) in [7, 11) is 3.96. The Bertz CT molecular complexity index is 312. The zero-order chi connectivity index (χ0) is 15.0. The lowest BCUT2D eigenvalue weighted by atomic mass is 9.95. The minimum absolute atomic E-state index is 0.0392. The first-order chi connectivity index (χ1) is 9.49. The monoisotopic (exact) mass is 283 g/mol. The van der Waals surface area contributed by atoms with Crippen LogP contribution in [0.4, 0.5) is 0 Å². The molecule has 0 saturated heterocycles. The summed E-state index contributed by atoms with van der Waals surface area (Å²) in [6.45, 7) is 3.58. The van der Waals surface area contributed by atoms with E-state index in [1.54, 1.807) is 11.8 Å². The molecule has 1 N–H and O–H groups in total. The Morgan fingerprint density at radius 1 is 1.05 bits per heavy atom. The van der Waals surface area contributed by atoms with Gasteiger partial charge >= 0.3 is 0 Å². The maximum atomic E-state index is 11.9. The van der Waals surface area contributed by atoms with Gasteiger partial charge in [-0.1, -0.05) is 19.3 Å². The molecule has 0 radical (unpaired) electrons. The van der Waals surface area contributed by atoms with E-state index >= 15 is 0 Å². The normalized spacial score (nSPS) is 16.2. The van der Waals surface area contributed by atoms with Gasteiger partial charge in [-0.2, -0.15) is 0 Å². The molecule has 0 aliphatic heterocycles. The number of nitrogens with zero attached hydrogens (tertiary/aromatic N) is 2. The minimum atomic E-state index is 0.0392. The van der Waals surface area contributed by atoms with Gasteiger partial charge in [0, 0.05) is 39.0 Å². The molecule has 1 rings (SSSR count). The Kier molecular flexibility index (Phi) is 7.59. The van der Waals surface area contributed by atoms with Crippen LogP contribution in [0.15, 0.2) is 0 Å². The van der Waals surface area contributed by atoms with E-state index in [2.05, 4.69) is 5.32 Å². The van der Waals surface area contributed by atoms with Gasteiger partial charge in [0.25, 0.3) is 0 Å². The predicted octanol–water partition coefficient (Wildman–Crippen LogP) is 1.24. The van der Waals surface area contributed by atoms with Crippen LogP contribution in [0.5, 0.6) is 0 Å². The highest BCUT2D eigenvalue weighted by Crippen LogP contribution is 2.17. The lowest BCUT2D eigenvalue weighted by Crippen LogP contribution is -2.40. The highest BCUT2D eigenvalue weighted by Gasteiger charge is 2.17. The first kappa shape index (κ1) is 17.0. The minimum Gasteiger partial charge on any atom is -0.353 e. The van der Waals surface area contributed by atoms with Gasteiger partial charge in [-0.05, 0) is 26.9 Å². The second-order valence-corrected chi connectivity index (χ2v) is 5.96. The van der Waals surface area contributed by atoms with Crippen LogP contribution >= 0.6 is 0 Å². The molecule has 20 heavy (non-hydrogen) atoms. The smallest absolute Gasteiger partial charge is 0.221 e. The van der Waals surface area contributed by atoms with Crippen LogP contribution in [0.25, 0.3) is 0 Å². The molecule has 0 heterocycles. The Balaban J connectivity index is 2.26. The van der Waals surface area contributed by atoms with Crippen LogP contribution in [0.2, 0.25) is 0 Å². The lowest BCUT2D eigenvalue weighted by Gasteiger charge is -2.25. The molecule has 0 aromatic rings. The van der Waals surface area contributed by atoms with Gasteiger partial charge in [0.2, 0.25) is 11.8 Å².